The summed E-state index contributed by atoms with van der Waals surface area (Å²) in [6, 6.07) is 17.0. The van der Waals surface area contributed by atoms with Gasteiger partial charge in [0.1, 0.15) is 11.6 Å². The Kier molecular flexibility index (Phi) is 5.14. The van der Waals surface area contributed by atoms with Gasteiger partial charge in [0.05, 0.1) is 25.3 Å². The third-order valence-electron chi connectivity index (χ3n) is 3.98. The number of benzene rings is 2. The van der Waals surface area contributed by atoms with Gasteiger partial charge < -0.3 is 14.6 Å². The number of rotatable bonds is 6. The van der Waals surface area contributed by atoms with Gasteiger partial charge in [-0.25, -0.2) is 4.39 Å². The molecular weight excluding hydrogens is 319 g/mol. The van der Waals surface area contributed by atoms with E-state index >= 15 is 0 Å². The normalized spacial score (nSPS) is 11.8. The van der Waals surface area contributed by atoms with Crippen molar-refractivity contribution in [2.45, 2.75) is 12.5 Å². The first-order valence-electron chi connectivity index (χ1n) is 7.98. The Balaban J connectivity index is 1.82. The van der Waals surface area contributed by atoms with E-state index in [2.05, 4.69) is 5.32 Å². The Bertz CT molecular complexity index is 846. The summed E-state index contributed by atoms with van der Waals surface area (Å²) in [4.78, 5) is 12.6. The molecule has 1 N–H and O–H groups in total. The average Bonchev–Trinajstić information content (AvgIpc) is 3.14. The Morgan fingerprint density at radius 2 is 1.88 bits per heavy atom. The van der Waals surface area contributed by atoms with Crippen molar-refractivity contribution in [1.82, 2.24) is 4.57 Å². The number of nitrogens with one attached hydrogen (secondary N) is 1. The molecule has 0 aliphatic rings. The van der Waals surface area contributed by atoms with Gasteiger partial charge >= 0.3 is 0 Å². The molecule has 0 aliphatic heterocycles. The second-order valence-corrected chi connectivity index (χ2v) is 5.65. The average molecular weight is 338 g/mol. The van der Waals surface area contributed by atoms with E-state index in [0.717, 1.165) is 5.56 Å². The van der Waals surface area contributed by atoms with Gasteiger partial charge in [0, 0.05) is 12.4 Å². The first kappa shape index (κ1) is 16.8. The van der Waals surface area contributed by atoms with Crippen LogP contribution in [0, 0.1) is 5.82 Å². The molecule has 0 saturated carbocycles. The SMILES string of the molecule is COc1ccccc1NC(=O)CC(c1cccc(F)c1)n1cccc1. The highest BCUT2D eigenvalue weighted by Gasteiger charge is 2.18. The fraction of sp³-hybridized carbons (Fsp3) is 0.150. The van der Waals surface area contributed by atoms with Crippen molar-refractivity contribution in [3.8, 4) is 5.75 Å². The smallest absolute Gasteiger partial charge is 0.226 e. The molecule has 1 aromatic heterocycles. The van der Waals surface area contributed by atoms with Crippen molar-refractivity contribution >= 4 is 11.6 Å². The molecule has 1 heterocycles. The lowest BCUT2D eigenvalue weighted by Gasteiger charge is -2.20. The number of carbonyl (C=O) groups excluding carboxylic acids is 1. The lowest BCUT2D eigenvalue weighted by atomic mass is 10.0. The highest BCUT2D eigenvalue weighted by atomic mass is 19.1. The molecule has 3 rings (SSSR count). The van der Waals surface area contributed by atoms with Gasteiger partial charge in [0.15, 0.2) is 0 Å². The fourth-order valence-electron chi connectivity index (χ4n) is 2.79. The molecule has 0 saturated heterocycles. The largest absolute Gasteiger partial charge is 0.495 e. The summed E-state index contributed by atoms with van der Waals surface area (Å²) in [7, 11) is 1.56. The number of halogens is 1. The van der Waals surface area contributed by atoms with Gasteiger partial charge in [-0.1, -0.05) is 24.3 Å². The minimum absolute atomic E-state index is 0.174. The number of aromatic nitrogens is 1. The molecule has 0 fully saturated rings. The zero-order chi connectivity index (χ0) is 17.6. The van der Waals surface area contributed by atoms with Crippen LogP contribution >= 0.6 is 0 Å². The number of nitrogens with zero attached hydrogens (tertiary/aromatic N) is 1. The Morgan fingerprint density at radius 3 is 2.60 bits per heavy atom. The van der Waals surface area contributed by atoms with Crippen LogP contribution in [0.1, 0.15) is 18.0 Å². The van der Waals surface area contributed by atoms with Crippen LogP contribution in [0.25, 0.3) is 0 Å². The van der Waals surface area contributed by atoms with Crippen LogP contribution in [0.15, 0.2) is 73.1 Å². The lowest BCUT2D eigenvalue weighted by Crippen LogP contribution is -2.20. The highest BCUT2D eigenvalue weighted by molar-refractivity contribution is 5.92. The number of hydrogen-bond acceptors (Lipinski definition) is 2. The maximum absolute atomic E-state index is 13.6. The molecular formula is C20H19FN2O2. The van der Waals surface area contributed by atoms with Crippen LogP contribution < -0.4 is 10.1 Å². The summed E-state index contributed by atoms with van der Waals surface area (Å²) in [5.41, 5.74) is 1.35. The molecule has 25 heavy (non-hydrogen) atoms. The summed E-state index contributed by atoms with van der Waals surface area (Å²) in [6.07, 6.45) is 3.91. The minimum Gasteiger partial charge on any atom is -0.495 e. The van der Waals surface area contributed by atoms with Crippen molar-refractivity contribution in [2.24, 2.45) is 0 Å². The first-order chi connectivity index (χ1) is 12.2. The van der Waals surface area contributed by atoms with Gasteiger partial charge in [-0.2, -0.15) is 0 Å². The van der Waals surface area contributed by atoms with E-state index in [4.69, 9.17) is 4.74 Å². The van der Waals surface area contributed by atoms with Crippen LogP contribution in [0.4, 0.5) is 10.1 Å². The second kappa shape index (κ2) is 7.66. The molecule has 2 aromatic carbocycles. The highest BCUT2D eigenvalue weighted by Crippen LogP contribution is 2.26. The predicted octanol–water partition coefficient (Wildman–Crippen LogP) is 4.25. The number of para-hydroxylation sites is 2. The molecule has 128 valence electrons. The van der Waals surface area contributed by atoms with Crippen molar-refractivity contribution in [3.63, 3.8) is 0 Å². The van der Waals surface area contributed by atoms with E-state index in [1.165, 1.54) is 12.1 Å². The van der Waals surface area contributed by atoms with Crippen LogP contribution in [-0.4, -0.2) is 17.6 Å². The summed E-state index contributed by atoms with van der Waals surface area (Å²) in [5, 5.41) is 2.87. The van der Waals surface area contributed by atoms with Gasteiger partial charge in [-0.05, 0) is 42.0 Å². The maximum atomic E-state index is 13.6. The van der Waals surface area contributed by atoms with Crippen LogP contribution in [-0.2, 0) is 4.79 Å². The van der Waals surface area contributed by atoms with E-state index in [0.29, 0.717) is 11.4 Å². The van der Waals surface area contributed by atoms with Crippen LogP contribution in [0.3, 0.4) is 0 Å². The van der Waals surface area contributed by atoms with Crippen LogP contribution in [0.2, 0.25) is 0 Å². The van der Waals surface area contributed by atoms with E-state index in [9.17, 15) is 9.18 Å². The Morgan fingerprint density at radius 1 is 1.12 bits per heavy atom. The number of anilines is 1. The number of carbonyl (C=O) groups is 1. The monoisotopic (exact) mass is 338 g/mol. The topological polar surface area (TPSA) is 43.3 Å². The first-order valence-corrected chi connectivity index (χ1v) is 7.98. The third kappa shape index (κ3) is 4.07. The maximum Gasteiger partial charge on any atom is 0.226 e. The molecule has 1 unspecified atom stereocenters. The summed E-state index contributed by atoms with van der Waals surface area (Å²) < 4.78 is 20.8. The van der Waals surface area contributed by atoms with E-state index in [1.807, 2.05) is 47.3 Å². The Hall–Kier alpha value is -3.08. The zero-order valence-corrected chi connectivity index (χ0v) is 13.9. The quantitative estimate of drug-likeness (QED) is 0.730. The van der Waals surface area contributed by atoms with Crippen molar-refractivity contribution in [1.29, 1.82) is 0 Å². The summed E-state index contributed by atoms with van der Waals surface area (Å²) in [6.45, 7) is 0. The van der Waals surface area contributed by atoms with Gasteiger partial charge in [0.2, 0.25) is 5.91 Å². The molecule has 4 nitrogen and oxygen atoms in total. The molecule has 1 amide bonds. The number of amides is 1. The van der Waals surface area contributed by atoms with E-state index in [-0.39, 0.29) is 24.2 Å². The van der Waals surface area contributed by atoms with Gasteiger partial charge in [-0.15, -0.1) is 0 Å². The molecule has 3 aromatic rings. The molecule has 0 radical (unpaired) electrons. The minimum atomic E-state index is -0.320. The predicted molar refractivity (Wildman–Crippen MR) is 95.2 cm³/mol. The fourth-order valence-corrected chi connectivity index (χ4v) is 2.79. The van der Waals surface area contributed by atoms with Crippen molar-refractivity contribution < 1.29 is 13.9 Å². The molecule has 0 spiro atoms. The number of ether oxygens (including phenoxy) is 1. The molecule has 5 heteroatoms. The van der Waals surface area contributed by atoms with Gasteiger partial charge in [-0.3, -0.25) is 4.79 Å². The summed E-state index contributed by atoms with van der Waals surface area (Å²) >= 11 is 0. The van der Waals surface area contributed by atoms with Gasteiger partial charge in [0.25, 0.3) is 0 Å². The Labute approximate surface area is 145 Å². The second-order valence-electron chi connectivity index (χ2n) is 5.65. The standard InChI is InChI=1S/C20H19FN2O2/c1-25-19-10-3-2-9-17(19)22-20(24)14-18(23-11-4-5-12-23)15-7-6-8-16(21)13-15/h2-13,18H,14H2,1H3,(H,22,24). The van der Waals surface area contributed by atoms with Crippen molar-refractivity contribution in [2.75, 3.05) is 12.4 Å². The third-order valence-corrected chi connectivity index (χ3v) is 3.98. The van der Waals surface area contributed by atoms with Crippen molar-refractivity contribution in [3.05, 3.63) is 84.4 Å². The number of methoxy groups -OCH3 is 1. The molecule has 0 bridgehead atoms. The van der Waals surface area contributed by atoms with E-state index in [1.54, 1.807) is 25.3 Å². The lowest BCUT2D eigenvalue weighted by molar-refractivity contribution is -0.116. The molecule has 1 atom stereocenters. The molecule has 0 aliphatic carbocycles. The zero-order valence-electron chi connectivity index (χ0n) is 13.9. The van der Waals surface area contributed by atoms with E-state index < -0.39 is 0 Å². The summed E-state index contributed by atoms with van der Waals surface area (Å²) in [5.74, 6) is 0.103. The number of hydrogen-bond donors (Lipinski definition) is 1. The van der Waals surface area contributed by atoms with Crippen LogP contribution in [0.5, 0.6) is 5.75 Å².